The molecular formula is C71H75N4OPt-3. The molecule has 6 heteroatoms. The first kappa shape index (κ1) is 55.1. The Morgan fingerprint density at radius 3 is 1.78 bits per heavy atom. The molecule has 1 aliphatic heterocycles. The topological polar surface area (TPSA) is 33.5 Å². The van der Waals surface area contributed by atoms with Gasteiger partial charge in [-0.15, -0.1) is 53.6 Å². The smallest absolute Gasteiger partial charge is 0.135 e. The first-order valence-electron chi connectivity index (χ1n) is 27.2. The molecule has 7 aromatic carbocycles. The maximum Gasteiger partial charge on any atom is 0.135 e. The largest absolute Gasteiger partial charge is 0.509 e. The molecule has 0 saturated heterocycles. The van der Waals surface area contributed by atoms with Crippen molar-refractivity contribution in [3.8, 4) is 28.4 Å². The van der Waals surface area contributed by atoms with Crippen LogP contribution in [0.15, 0.2) is 164 Å². The maximum atomic E-state index is 7.18. The molecule has 2 aromatic heterocycles. The van der Waals surface area contributed by atoms with Gasteiger partial charge in [0.15, 0.2) is 0 Å². The van der Waals surface area contributed by atoms with Gasteiger partial charge in [0.05, 0.1) is 0 Å². The summed E-state index contributed by atoms with van der Waals surface area (Å²) in [4.78, 5) is 9.70. The molecule has 0 unspecified atom stereocenters. The van der Waals surface area contributed by atoms with Crippen molar-refractivity contribution < 1.29 is 25.8 Å². The minimum absolute atomic E-state index is 0. The van der Waals surface area contributed by atoms with E-state index in [0.717, 1.165) is 50.3 Å². The van der Waals surface area contributed by atoms with Gasteiger partial charge < -0.3 is 19.1 Å². The SMILES string of the molecule is CC(C)c1cccc(C(C)C)c1C1=CN(c2cc(-c3ccccc3)cc(C(C)(C)C)c2)[CH-]N1c1[c-]c(Oc2[c-]c3c(cc2)c2ccc(C(C)(C)C)cc2n3-c2cc(C(C)(C)C)ccn2)cc(C(C)(C)c2ccccc2)c1.[Pt]. The zero-order valence-corrected chi connectivity index (χ0v) is 50.1. The molecule has 0 aliphatic carbocycles. The number of ether oxygens (including phenoxy) is 1. The second-order valence-corrected chi connectivity index (χ2v) is 25.2. The van der Waals surface area contributed by atoms with E-state index in [1.807, 2.05) is 6.20 Å². The summed E-state index contributed by atoms with van der Waals surface area (Å²) in [6, 6.07) is 63.0. The van der Waals surface area contributed by atoms with Crippen molar-refractivity contribution in [3.63, 3.8) is 0 Å². The third-order valence-electron chi connectivity index (χ3n) is 15.5. The molecule has 77 heavy (non-hydrogen) atoms. The van der Waals surface area contributed by atoms with Crippen molar-refractivity contribution in [2.75, 3.05) is 9.80 Å². The average Bonchev–Trinajstić information content (AvgIpc) is 3.98. The second-order valence-electron chi connectivity index (χ2n) is 25.2. The summed E-state index contributed by atoms with van der Waals surface area (Å²) >= 11 is 0. The van der Waals surface area contributed by atoms with Gasteiger partial charge in [-0.1, -0.05) is 206 Å². The predicted molar refractivity (Wildman–Crippen MR) is 321 cm³/mol. The summed E-state index contributed by atoms with van der Waals surface area (Å²) in [5, 5.41) is 2.24. The summed E-state index contributed by atoms with van der Waals surface area (Å²) in [7, 11) is 0. The molecule has 398 valence electrons. The van der Waals surface area contributed by atoms with E-state index in [4.69, 9.17) is 9.72 Å². The summed E-state index contributed by atoms with van der Waals surface area (Å²) in [5.41, 5.74) is 16.7. The molecule has 0 fully saturated rings. The number of anilines is 2. The predicted octanol–water partition coefficient (Wildman–Crippen LogP) is 19.1. The van der Waals surface area contributed by atoms with E-state index in [1.165, 1.54) is 50.1 Å². The Hall–Kier alpha value is -6.68. The van der Waals surface area contributed by atoms with Crippen molar-refractivity contribution in [1.29, 1.82) is 0 Å². The maximum absolute atomic E-state index is 7.18. The number of fused-ring (bicyclic) bond motifs is 3. The number of benzene rings is 7. The van der Waals surface area contributed by atoms with E-state index in [1.54, 1.807) is 0 Å². The van der Waals surface area contributed by atoms with E-state index < -0.39 is 5.41 Å². The molecule has 10 rings (SSSR count). The van der Waals surface area contributed by atoms with Gasteiger partial charge in [-0.05, 0) is 120 Å². The minimum atomic E-state index is -0.411. The van der Waals surface area contributed by atoms with Gasteiger partial charge in [0.2, 0.25) is 0 Å². The van der Waals surface area contributed by atoms with Crippen molar-refractivity contribution in [2.45, 2.75) is 137 Å². The van der Waals surface area contributed by atoms with Gasteiger partial charge >= 0.3 is 0 Å². The zero-order chi connectivity index (χ0) is 54.1. The molecule has 3 heterocycles. The molecule has 0 saturated carbocycles. The molecule has 0 N–H and O–H groups in total. The van der Waals surface area contributed by atoms with Crippen LogP contribution in [0.1, 0.15) is 160 Å². The Morgan fingerprint density at radius 1 is 0.519 bits per heavy atom. The van der Waals surface area contributed by atoms with Gasteiger partial charge in [-0.2, -0.15) is 6.07 Å². The van der Waals surface area contributed by atoms with Gasteiger partial charge in [-0.25, -0.2) is 4.98 Å². The number of rotatable bonds is 11. The van der Waals surface area contributed by atoms with Gasteiger partial charge in [-0.3, -0.25) is 0 Å². The van der Waals surface area contributed by atoms with E-state index in [-0.39, 0.29) is 49.1 Å². The van der Waals surface area contributed by atoms with E-state index >= 15 is 0 Å². The van der Waals surface area contributed by atoms with Crippen LogP contribution in [-0.4, -0.2) is 9.55 Å². The van der Waals surface area contributed by atoms with Crippen LogP contribution in [0.25, 0.3) is 44.4 Å². The van der Waals surface area contributed by atoms with E-state index in [9.17, 15) is 0 Å². The molecule has 1 aliphatic rings. The number of hydrogen-bond donors (Lipinski definition) is 0. The van der Waals surface area contributed by atoms with Crippen LogP contribution < -0.4 is 14.5 Å². The number of hydrogen-bond acceptors (Lipinski definition) is 4. The molecule has 9 aromatic rings. The second kappa shape index (κ2) is 20.9. The fraction of sp³-hybridized carbons (Fsp3) is 0.296. The van der Waals surface area contributed by atoms with Crippen molar-refractivity contribution in [2.24, 2.45) is 0 Å². The fourth-order valence-electron chi connectivity index (χ4n) is 10.7. The fourth-order valence-corrected chi connectivity index (χ4v) is 10.7. The monoisotopic (exact) mass is 1190 g/mol. The normalized spacial score (nSPS) is 13.5. The Kier molecular flexibility index (Phi) is 15.0. The van der Waals surface area contributed by atoms with Crippen molar-refractivity contribution in [3.05, 3.63) is 227 Å². The summed E-state index contributed by atoms with van der Waals surface area (Å²) < 4.78 is 9.45. The van der Waals surface area contributed by atoms with Gasteiger partial charge in [0.1, 0.15) is 5.82 Å². The summed E-state index contributed by atoms with van der Waals surface area (Å²) in [6.45, 7) is 36.5. The Bertz CT molecular complexity index is 3610. The standard InChI is InChI=1S/C71H75N4O.Pt/c1-46(2)59-27-22-28-60(47(3)4)67(59)65-44-73(55-36-49(48-23-18-16-19-24-48)35-53(37-55)70(11,12)13)45-74(65)56-38-54(71(14,15)50-25-20-17-21-26-50)39-58(42-56)76-57-30-32-62-61-31-29-51(68(5,6)7)40-63(61)75(64(62)43-57)66-41-52(33-34-72-66)69(8,9)10;/h16-41,44-47H,1-15H3;/q-3;. The summed E-state index contributed by atoms with van der Waals surface area (Å²) in [6.07, 6.45) is 4.27. The van der Waals surface area contributed by atoms with Gasteiger partial charge in [0, 0.05) is 61.2 Å². The quantitative estimate of drug-likeness (QED) is 0.121. The number of pyridine rings is 1. The third-order valence-corrected chi connectivity index (χ3v) is 15.5. The first-order valence-corrected chi connectivity index (χ1v) is 27.2. The van der Waals surface area contributed by atoms with Crippen LogP contribution >= 0.6 is 0 Å². The zero-order valence-electron chi connectivity index (χ0n) is 47.8. The van der Waals surface area contributed by atoms with Crippen molar-refractivity contribution in [1.82, 2.24) is 9.55 Å². The van der Waals surface area contributed by atoms with Crippen molar-refractivity contribution >= 4 is 38.9 Å². The van der Waals surface area contributed by atoms with Crippen LogP contribution in [0.3, 0.4) is 0 Å². The minimum Gasteiger partial charge on any atom is -0.509 e. The Balaban J connectivity index is 0.00000722. The molecule has 0 amide bonds. The molecule has 0 atom stereocenters. The van der Waals surface area contributed by atoms with Crippen LogP contribution in [0.5, 0.6) is 11.5 Å². The molecule has 5 nitrogen and oxygen atoms in total. The van der Waals surface area contributed by atoms with Crippen LogP contribution in [0.2, 0.25) is 0 Å². The van der Waals surface area contributed by atoms with Crippen LogP contribution in [0, 0.1) is 18.8 Å². The third kappa shape index (κ3) is 11.0. The van der Waals surface area contributed by atoms with Crippen LogP contribution in [0.4, 0.5) is 11.4 Å². The number of aromatic nitrogens is 2. The molecule has 0 radical (unpaired) electrons. The summed E-state index contributed by atoms with van der Waals surface area (Å²) in [5.74, 6) is 2.60. The Morgan fingerprint density at radius 2 is 1.14 bits per heavy atom. The van der Waals surface area contributed by atoms with Gasteiger partial charge in [0.25, 0.3) is 0 Å². The van der Waals surface area contributed by atoms with E-state index in [2.05, 4.69) is 295 Å². The first-order chi connectivity index (χ1) is 35.9. The van der Waals surface area contributed by atoms with E-state index in [0.29, 0.717) is 11.5 Å². The number of nitrogens with zero attached hydrogens (tertiary/aromatic N) is 4. The molecular weight excluding hydrogens is 1120 g/mol. The average molecular weight is 1200 g/mol. The van der Waals surface area contributed by atoms with Crippen LogP contribution in [-0.2, 0) is 42.7 Å². The Labute approximate surface area is 474 Å². The molecule has 0 bridgehead atoms. The molecule has 0 spiro atoms.